The van der Waals surface area contributed by atoms with Gasteiger partial charge in [-0.25, -0.2) is 4.39 Å². The summed E-state index contributed by atoms with van der Waals surface area (Å²) in [7, 11) is 0. The highest BCUT2D eigenvalue weighted by molar-refractivity contribution is 5.72. The summed E-state index contributed by atoms with van der Waals surface area (Å²) in [4.78, 5) is 4.77. The zero-order valence-corrected chi connectivity index (χ0v) is 10.9. The molecule has 2 nitrogen and oxygen atoms in total. The third kappa shape index (κ3) is 2.31. The molecule has 0 aromatic heterocycles. The molecule has 2 aliphatic heterocycles. The van der Waals surface area contributed by atoms with Crippen LogP contribution in [0.15, 0.2) is 18.2 Å². The van der Waals surface area contributed by atoms with E-state index in [-0.39, 0.29) is 5.82 Å². The minimum absolute atomic E-state index is 0.113. The predicted molar refractivity (Wildman–Crippen MR) is 73.9 cm³/mol. The average Bonchev–Trinajstić information content (AvgIpc) is 2.93. The topological polar surface area (TPSA) is 6.48 Å². The van der Waals surface area contributed by atoms with Crippen LogP contribution in [0.1, 0.15) is 32.1 Å². The zero-order chi connectivity index (χ0) is 12.4. The maximum absolute atomic E-state index is 13.5. The zero-order valence-electron chi connectivity index (χ0n) is 10.9. The Kier molecular flexibility index (Phi) is 3.39. The lowest BCUT2D eigenvalue weighted by Gasteiger charge is -2.33. The van der Waals surface area contributed by atoms with Gasteiger partial charge in [0.25, 0.3) is 0 Å². The summed E-state index contributed by atoms with van der Waals surface area (Å²) in [5.41, 5.74) is 2.34. The molecule has 0 spiro atoms. The Morgan fingerprint density at radius 2 is 1.28 bits per heavy atom. The highest BCUT2D eigenvalue weighted by Crippen LogP contribution is 2.34. The van der Waals surface area contributed by atoms with Gasteiger partial charge in [0.2, 0.25) is 0 Å². The fourth-order valence-electron chi connectivity index (χ4n) is 3.11. The molecule has 0 amide bonds. The lowest BCUT2D eigenvalue weighted by molar-refractivity contribution is 0.576. The molecular formula is C15H21FN2. The van der Waals surface area contributed by atoms with Gasteiger partial charge in [0.1, 0.15) is 5.82 Å². The Labute approximate surface area is 108 Å². The monoisotopic (exact) mass is 248 g/mol. The largest absolute Gasteiger partial charge is 0.370 e. The van der Waals surface area contributed by atoms with Crippen molar-refractivity contribution in [1.29, 1.82) is 0 Å². The van der Waals surface area contributed by atoms with Crippen LogP contribution in [0.4, 0.5) is 15.8 Å². The molecule has 1 aromatic rings. The first-order valence-corrected chi connectivity index (χ1v) is 7.14. The smallest absolute Gasteiger partial charge is 0.125 e. The minimum atomic E-state index is -0.113. The van der Waals surface area contributed by atoms with Gasteiger partial charge in [-0.1, -0.05) is 0 Å². The molecule has 2 heterocycles. The molecule has 0 N–H and O–H groups in total. The number of halogens is 1. The van der Waals surface area contributed by atoms with Crippen LogP contribution in [-0.4, -0.2) is 26.2 Å². The Bertz CT molecular complexity index is 407. The van der Waals surface area contributed by atoms with E-state index in [1.807, 2.05) is 6.07 Å². The molecular weight excluding hydrogens is 227 g/mol. The summed E-state index contributed by atoms with van der Waals surface area (Å²) < 4.78 is 13.5. The molecule has 0 unspecified atom stereocenters. The standard InChI is InChI=1S/C15H21FN2/c16-13-6-7-14(17-8-2-1-3-9-17)15(12-13)18-10-4-5-11-18/h6-7,12H,1-5,8-11H2. The minimum Gasteiger partial charge on any atom is -0.370 e. The van der Waals surface area contributed by atoms with E-state index < -0.39 is 0 Å². The highest BCUT2D eigenvalue weighted by Gasteiger charge is 2.20. The van der Waals surface area contributed by atoms with Gasteiger partial charge in [-0.2, -0.15) is 0 Å². The molecule has 3 heteroatoms. The van der Waals surface area contributed by atoms with Gasteiger partial charge in [0.05, 0.1) is 11.4 Å². The quantitative estimate of drug-likeness (QED) is 0.791. The first kappa shape index (κ1) is 11.8. The Balaban J connectivity index is 1.91. The molecule has 2 aliphatic rings. The number of rotatable bonds is 2. The van der Waals surface area contributed by atoms with E-state index in [4.69, 9.17) is 0 Å². The van der Waals surface area contributed by atoms with Crippen molar-refractivity contribution in [2.75, 3.05) is 36.0 Å². The summed E-state index contributed by atoms with van der Waals surface area (Å²) in [6.45, 7) is 4.38. The normalized spacial score (nSPS) is 20.5. The third-order valence-corrected chi connectivity index (χ3v) is 4.08. The van der Waals surface area contributed by atoms with E-state index in [0.717, 1.165) is 31.9 Å². The molecule has 2 fully saturated rings. The SMILES string of the molecule is Fc1ccc(N2CCCCC2)c(N2CCCC2)c1. The fraction of sp³-hybridized carbons (Fsp3) is 0.600. The van der Waals surface area contributed by atoms with Gasteiger partial charge >= 0.3 is 0 Å². The second-order valence-corrected chi connectivity index (χ2v) is 5.37. The van der Waals surface area contributed by atoms with Crippen LogP contribution in [0, 0.1) is 5.82 Å². The van der Waals surface area contributed by atoms with E-state index in [1.54, 1.807) is 12.1 Å². The number of hydrogen-bond acceptors (Lipinski definition) is 2. The van der Waals surface area contributed by atoms with Crippen molar-refractivity contribution in [2.24, 2.45) is 0 Å². The second-order valence-electron chi connectivity index (χ2n) is 5.37. The van der Waals surface area contributed by atoms with Gasteiger partial charge < -0.3 is 9.80 Å². The summed E-state index contributed by atoms with van der Waals surface area (Å²) in [5, 5.41) is 0. The number of nitrogens with zero attached hydrogens (tertiary/aromatic N) is 2. The van der Waals surface area contributed by atoms with E-state index in [2.05, 4.69) is 9.80 Å². The Morgan fingerprint density at radius 1 is 0.722 bits per heavy atom. The first-order valence-electron chi connectivity index (χ1n) is 7.14. The van der Waals surface area contributed by atoms with Crippen molar-refractivity contribution in [1.82, 2.24) is 0 Å². The van der Waals surface area contributed by atoms with Crippen LogP contribution >= 0.6 is 0 Å². The van der Waals surface area contributed by atoms with Crippen molar-refractivity contribution in [3.8, 4) is 0 Å². The van der Waals surface area contributed by atoms with E-state index in [0.29, 0.717) is 0 Å². The maximum Gasteiger partial charge on any atom is 0.125 e. The van der Waals surface area contributed by atoms with Crippen molar-refractivity contribution < 1.29 is 4.39 Å². The molecule has 0 bridgehead atoms. The van der Waals surface area contributed by atoms with Crippen molar-refractivity contribution >= 4 is 11.4 Å². The van der Waals surface area contributed by atoms with Crippen LogP contribution in [0.3, 0.4) is 0 Å². The first-order chi connectivity index (χ1) is 8.84. The molecule has 2 saturated heterocycles. The van der Waals surface area contributed by atoms with Gasteiger partial charge in [0.15, 0.2) is 0 Å². The van der Waals surface area contributed by atoms with Crippen LogP contribution < -0.4 is 9.80 Å². The summed E-state index contributed by atoms with van der Waals surface area (Å²) >= 11 is 0. The van der Waals surface area contributed by atoms with Gasteiger partial charge in [-0.05, 0) is 50.3 Å². The van der Waals surface area contributed by atoms with E-state index >= 15 is 0 Å². The van der Waals surface area contributed by atoms with Crippen molar-refractivity contribution in [2.45, 2.75) is 32.1 Å². The molecule has 1 aromatic carbocycles. The lowest BCUT2D eigenvalue weighted by Crippen LogP contribution is -2.31. The van der Waals surface area contributed by atoms with E-state index in [1.165, 1.54) is 37.8 Å². The van der Waals surface area contributed by atoms with Crippen molar-refractivity contribution in [3.05, 3.63) is 24.0 Å². The van der Waals surface area contributed by atoms with Gasteiger partial charge in [-0.3, -0.25) is 0 Å². The van der Waals surface area contributed by atoms with Gasteiger partial charge in [-0.15, -0.1) is 0 Å². The van der Waals surface area contributed by atoms with Crippen LogP contribution in [0.5, 0.6) is 0 Å². The van der Waals surface area contributed by atoms with Crippen LogP contribution in [0.2, 0.25) is 0 Å². The molecule has 3 rings (SSSR count). The van der Waals surface area contributed by atoms with Gasteiger partial charge in [0, 0.05) is 26.2 Å². The Hall–Kier alpha value is -1.25. The summed E-state index contributed by atoms with van der Waals surface area (Å²) in [6.07, 6.45) is 6.32. The number of anilines is 2. The maximum atomic E-state index is 13.5. The van der Waals surface area contributed by atoms with Crippen LogP contribution in [0.25, 0.3) is 0 Å². The molecule has 0 saturated carbocycles. The average molecular weight is 248 g/mol. The number of hydrogen-bond donors (Lipinski definition) is 0. The summed E-state index contributed by atoms with van der Waals surface area (Å²) in [6, 6.07) is 5.28. The highest BCUT2D eigenvalue weighted by atomic mass is 19.1. The number of piperidine rings is 1. The summed E-state index contributed by atoms with van der Waals surface area (Å²) in [5.74, 6) is -0.113. The third-order valence-electron chi connectivity index (χ3n) is 4.08. The van der Waals surface area contributed by atoms with Crippen LogP contribution in [-0.2, 0) is 0 Å². The molecule has 98 valence electrons. The van der Waals surface area contributed by atoms with E-state index in [9.17, 15) is 4.39 Å². The fourth-order valence-corrected chi connectivity index (χ4v) is 3.11. The molecule has 0 radical (unpaired) electrons. The number of benzene rings is 1. The molecule has 0 atom stereocenters. The lowest BCUT2D eigenvalue weighted by atomic mass is 10.1. The second kappa shape index (κ2) is 5.17. The predicted octanol–water partition coefficient (Wildman–Crippen LogP) is 3.42. The Morgan fingerprint density at radius 3 is 1.94 bits per heavy atom. The molecule has 18 heavy (non-hydrogen) atoms. The molecule has 0 aliphatic carbocycles. The van der Waals surface area contributed by atoms with Crippen molar-refractivity contribution in [3.63, 3.8) is 0 Å².